The second-order valence-electron chi connectivity index (χ2n) is 4.55. The fourth-order valence-electron chi connectivity index (χ4n) is 2.42. The monoisotopic (exact) mass is 346 g/mol. The molecule has 0 aliphatic carbocycles. The van der Waals surface area contributed by atoms with Gasteiger partial charge in [-0.1, -0.05) is 31.2 Å². The highest BCUT2D eigenvalue weighted by molar-refractivity contribution is 9.10. The molecule has 0 fully saturated rings. The van der Waals surface area contributed by atoms with Crippen molar-refractivity contribution < 1.29 is 0 Å². The number of para-hydroxylation sites is 1. The quantitative estimate of drug-likeness (QED) is 0.736. The number of nitrogens with one attached hydrogen (secondary N) is 1. The van der Waals surface area contributed by atoms with Crippen molar-refractivity contribution in [2.75, 3.05) is 6.54 Å². The van der Waals surface area contributed by atoms with Crippen molar-refractivity contribution in [3.63, 3.8) is 0 Å². The number of benzene rings is 1. The number of halogens is 1. The van der Waals surface area contributed by atoms with Gasteiger partial charge in [0.2, 0.25) is 0 Å². The number of hydrogen-bond donors (Lipinski definition) is 1. The van der Waals surface area contributed by atoms with Crippen LogP contribution in [0.4, 0.5) is 0 Å². The molecule has 2 nitrogen and oxygen atoms in total. The maximum absolute atomic E-state index is 4.57. The van der Waals surface area contributed by atoms with Crippen LogP contribution in [0, 0.1) is 0 Å². The lowest BCUT2D eigenvalue weighted by atomic mass is 10.0. The van der Waals surface area contributed by atoms with Crippen molar-refractivity contribution in [1.29, 1.82) is 0 Å². The lowest BCUT2D eigenvalue weighted by molar-refractivity contribution is 0.641. The topological polar surface area (TPSA) is 24.9 Å². The Balaban J connectivity index is 2.17. The van der Waals surface area contributed by atoms with Crippen LogP contribution in [-0.4, -0.2) is 11.5 Å². The molecule has 2 heterocycles. The van der Waals surface area contributed by atoms with Crippen LogP contribution in [0.15, 0.2) is 52.4 Å². The predicted octanol–water partition coefficient (Wildman–Crippen LogP) is 4.76. The first kappa shape index (κ1) is 13.7. The standard InChI is InChI=1S/C16H15BrN2S/c1-2-18-15(16-13(17)8-10-20-16)12-7-3-5-11-6-4-9-19-14(11)12/h3-10,15,18H,2H2,1H3. The number of rotatable bonds is 4. The molecule has 1 aromatic carbocycles. The summed E-state index contributed by atoms with van der Waals surface area (Å²) >= 11 is 5.41. The number of fused-ring (bicyclic) bond motifs is 1. The lowest BCUT2D eigenvalue weighted by Crippen LogP contribution is -2.21. The molecule has 0 amide bonds. The molecule has 1 atom stereocenters. The van der Waals surface area contributed by atoms with E-state index in [1.165, 1.54) is 15.8 Å². The third kappa shape index (κ3) is 2.51. The predicted molar refractivity (Wildman–Crippen MR) is 89.3 cm³/mol. The normalized spacial score (nSPS) is 12.7. The molecule has 102 valence electrons. The van der Waals surface area contributed by atoms with Gasteiger partial charge < -0.3 is 5.32 Å². The number of aromatic nitrogens is 1. The van der Waals surface area contributed by atoms with Crippen LogP contribution in [0.3, 0.4) is 0 Å². The Labute approximate surface area is 131 Å². The van der Waals surface area contributed by atoms with E-state index in [0.717, 1.165) is 16.5 Å². The van der Waals surface area contributed by atoms with Gasteiger partial charge in [-0.3, -0.25) is 4.98 Å². The first-order chi connectivity index (χ1) is 9.81. The molecule has 0 spiro atoms. The van der Waals surface area contributed by atoms with Crippen LogP contribution >= 0.6 is 27.3 Å². The molecular weight excluding hydrogens is 332 g/mol. The zero-order chi connectivity index (χ0) is 13.9. The van der Waals surface area contributed by atoms with E-state index in [2.05, 4.69) is 68.9 Å². The molecule has 3 rings (SSSR count). The van der Waals surface area contributed by atoms with Crippen LogP contribution < -0.4 is 5.32 Å². The van der Waals surface area contributed by atoms with Gasteiger partial charge in [0.1, 0.15) is 0 Å². The van der Waals surface area contributed by atoms with Crippen molar-refractivity contribution in [2.24, 2.45) is 0 Å². The Bertz CT molecular complexity index is 718. The van der Waals surface area contributed by atoms with Crippen molar-refractivity contribution in [1.82, 2.24) is 10.3 Å². The molecule has 3 aromatic rings. The molecule has 2 aromatic heterocycles. The van der Waals surface area contributed by atoms with Crippen LogP contribution in [-0.2, 0) is 0 Å². The zero-order valence-electron chi connectivity index (χ0n) is 11.1. The molecule has 4 heteroatoms. The summed E-state index contributed by atoms with van der Waals surface area (Å²) in [7, 11) is 0. The van der Waals surface area contributed by atoms with Gasteiger partial charge in [-0.2, -0.15) is 0 Å². The van der Waals surface area contributed by atoms with E-state index in [1.54, 1.807) is 11.3 Å². The molecule has 0 aliphatic heterocycles. The van der Waals surface area contributed by atoms with Crippen molar-refractivity contribution in [3.8, 4) is 0 Å². The summed E-state index contributed by atoms with van der Waals surface area (Å²) < 4.78 is 1.15. The second-order valence-corrected chi connectivity index (χ2v) is 6.35. The highest BCUT2D eigenvalue weighted by atomic mass is 79.9. The van der Waals surface area contributed by atoms with Crippen molar-refractivity contribution in [3.05, 3.63) is 62.9 Å². The third-order valence-electron chi connectivity index (χ3n) is 3.29. The van der Waals surface area contributed by atoms with Gasteiger partial charge in [-0.25, -0.2) is 0 Å². The van der Waals surface area contributed by atoms with Crippen LogP contribution in [0.2, 0.25) is 0 Å². The van der Waals surface area contributed by atoms with Gasteiger partial charge in [-0.05, 0) is 40.0 Å². The Hall–Kier alpha value is -1.23. The van der Waals surface area contributed by atoms with Gasteiger partial charge in [0, 0.05) is 26.5 Å². The Kier molecular flexibility index (Phi) is 4.15. The summed E-state index contributed by atoms with van der Waals surface area (Å²) in [4.78, 5) is 5.87. The summed E-state index contributed by atoms with van der Waals surface area (Å²) in [5, 5.41) is 6.87. The Morgan fingerprint density at radius 1 is 1.25 bits per heavy atom. The van der Waals surface area contributed by atoms with E-state index in [-0.39, 0.29) is 6.04 Å². The molecule has 0 bridgehead atoms. The maximum Gasteiger partial charge on any atom is 0.0753 e. The van der Waals surface area contributed by atoms with E-state index in [1.807, 2.05) is 12.3 Å². The van der Waals surface area contributed by atoms with Crippen molar-refractivity contribution in [2.45, 2.75) is 13.0 Å². The Morgan fingerprint density at radius 2 is 2.10 bits per heavy atom. The Morgan fingerprint density at radius 3 is 2.85 bits per heavy atom. The fourth-order valence-corrected chi connectivity index (χ4v) is 4.11. The summed E-state index contributed by atoms with van der Waals surface area (Å²) in [6.07, 6.45) is 1.86. The second kappa shape index (κ2) is 6.04. The van der Waals surface area contributed by atoms with Crippen LogP contribution in [0.1, 0.15) is 23.4 Å². The maximum atomic E-state index is 4.57. The van der Waals surface area contributed by atoms with E-state index in [9.17, 15) is 0 Å². The van der Waals surface area contributed by atoms with Gasteiger partial charge in [0.25, 0.3) is 0 Å². The first-order valence-corrected chi connectivity index (χ1v) is 8.28. The molecular formula is C16H15BrN2S. The molecule has 20 heavy (non-hydrogen) atoms. The van der Waals surface area contributed by atoms with Gasteiger partial charge >= 0.3 is 0 Å². The summed E-state index contributed by atoms with van der Waals surface area (Å²) in [6.45, 7) is 3.05. The lowest BCUT2D eigenvalue weighted by Gasteiger charge is -2.19. The number of hydrogen-bond acceptors (Lipinski definition) is 3. The molecule has 0 saturated carbocycles. The molecule has 1 N–H and O–H groups in total. The van der Waals surface area contributed by atoms with E-state index < -0.39 is 0 Å². The smallest absolute Gasteiger partial charge is 0.0753 e. The molecule has 1 unspecified atom stereocenters. The van der Waals surface area contributed by atoms with Crippen LogP contribution in [0.25, 0.3) is 10.9 Å². The zero-order valence-corrected chi connectivity index (χ0v) is 13.5. The largest absolute Gasteiger partial charge is 0.306 e. The van der Waals surface area contributed by atoms with Crippen molar-refractivity contribution >= 4 is 38.2 Å². The summed E-state index contributed by atoms with van der Waals surface area (Å²) in [5.41, 5.74) is 2.30. The highest BCUT2D eigenvalue weighted by Crippen LogP contribution is 2.35. The van der Waals surface area contributed by atoms with E-state index >= 15 is 0 Å². The number of thiophene rings is 1. The van der Waals surface area contributed by atoms with Crippen LogP contribution in [0.5, 0.6) is 0 Å². The third-order valence-corrected chi connectivity index (χ3v) is 5.23. The highest BCUT2D eigenvalue weighted by Gasteiger charge is 2.19. The van der Waals surface area contributed by atoms with E-state index in [0.29, 0.717) is 0 Å². The minimum Gasteiger partial charge on any atom is -0.306 e. The summed E-state index contributed by atoms with van der Waals surface area (Å²) in [6, 6.07) is 12.7. The summed E-state index contributed by atoms with van der Waals surface area (Å²) in [5.74, 6) is 0. The first-order valence-electron chi connectivity index (χ1n) is 6.61. The molecule has 0 saturated heterocycles. The SMILES string of the molecule is CCNC(c1sccc1Br)c1cccc2cccnc12. The fraction of sp³-hybridized carbons (Fsp3) is 0.188. The molecule has 0 aliphatic rings. The minimum atomic E-state index is 0.174. The average molecular weight is 347 g/mol. The number of nitrogens with zero attached hydrogens (tertiary/aromatic N) is 1. The average Bonchev–Trinajstić information content (AvgIpc) is 2.90. The van der Waals surface area contributed by atoms with Gasteiger partial charge in [0.15, 0.2) is 0 Å². The van der Waals surface area contributed by atoms with E-state index in [4.69, 9.17) is 0 Å². The van der Waals surface area contributed by atoms with Gasteiger partial charge in [-0.15, -0.1) is 11.3 Å². The van der Waals surface area contributed by atoms with Gasteiger partial charge in [0.05, 0.1) is 11.6 Å². The minimum absolute atomic E-state index is 0.174. The molecule has 0 radical (unpaired) electrons. The number of pyridine rings is 1.